The highest BCUT2D eigenvalue weighted by Crippen LogP contribution is 2.37. The minimum absolute atomic E-state index is 0. The van der Waals surface area contributed by atoms with E-state index < -0.39 is 0 Å². The first kappa shape index (κ1) is 15.5. The van der Waals surface area contributed by atoms with Gasteiger partial charge in [-0.3, -0.25) is 0 Å². The fourth-order valence-corrected chi connectivity index (χ4v) is 3.09. The van der Waals surface area contributed by atoms with Crippen molar-refractivity contribution in [2.75, 3.05) is 12.1 Å². The summed E-state index contributed by atoms with van der Waals surface area (Å²) in [5, 5.41) is 5.73. The molecular weight excluding hydrogens is 336 g/mol. The topological polar surface area (TPSA) is 43.4 Å². The van der Waals surface area contributed by atoms with Crippen LogP contribution in [0.3, 0.4) is 0 Å². The Kier molecular flexibility index (Phi) is 3.82. The lowest BCUT2D eigenvalue weighted by Gasteiger charge is -2.13. The van der Waals surface area contributed by atoms with E-state index in [0.717, 1.165) is 44.7 Å². The molecule has 0 fully saturated rings. The van der Waals surface area contributed by atoms with E-state index >= 15 is 0 Å². The minimum atomic E-state index is 0. The van der Waals surface area contributed by atoms with Crippen LogP contribution < -0.4 is 27.2 Å². The molecule has 0 spiro atoms. The van der Waals surface area contributed by atoms with Crippen molar-refractivity contribution in [2.24, 2.45) is 0 Å². The number of fused-ring (bicyclic) bond motifs is 3. The fraction of sp³-hybridized carbons (Fsp3) is 0.0500. The van der Waals surface area contributed by atoms with Gasteiger partial charge in [-0.2, -0.15) is 0 Å². The average Bonchev–Trinajstić information content (AvgIpc) is 3.09. The summed E-state index contributed by atoms with van der Waals surface area (Å²) >= 11 is 0. The Morgan fingerprint density at radius 1 is 0.760 bits per heavy atom. The van der Waals surface area contributed by atoms with Gasteiger partial charge in [-0.05, 0) is 24.3 Å². The van der Waals surface area contributed by atoms with Crippen molar-refractivity contribution in [1.82, 2.24) is 4.98 Å². The maximum absolute atomic E-state index is 5.48. The molecule has 0 bridgehead atoms. The van der Waals surface area contributed by atoms with Crippen LogP contribution in [0.25, 0.3) is 21.8 Å². The Morgan fingerprint density at radius 2 is 1.40 bits per heavy atom. The second-order valence-electron chi connectivity index (χ2n) is 5.71. The number of hydrogen-bond donors (Lipinski definition) is 1. The van der Waals surface area contributed by atoms with Crippen LogP contribution in [0.1, 0.15) is 0 Å². The number of nitrogens with zero attached hydrogens (tertiary/aromatic N) is 1. The van der Waals surface area contributed by atoms with Crippen LogP contribution in [0.2, 0.25) is 0 Å². The molecule has 1 aliphatic rings. The standard InChI is InChI=1S/C20H14N2O2.ClH/c1-3-7-16-14(5-1)20(15-6-2-4-8-17(15)22-16)21-13-9-10-18-19(11-13)24-12-23-18;/h1-11H,12H2,(H,21,22);1H/p-1. The SMILES string of the molecule is [Cl-].c1ccc2c(Nc3ccc4c(c3)OCO4)c3ccccc3nc2c1. The Labute approximate surface area is 150 Å². The van der Waals surface area contributed by atoms with Crippen LogP contribution in [0, 0.1) is 0 Å². The Hall–Kier alpha value is -2.98. The Bertz CT molecular complexity index is 1030. The number of nitrogens with one attached hydrogen (secondary N) is 1. The first-order valence-electron chi connectivity index (χ1n) is 7.83. The highest BCUT2D eigenvalue weighted by Gasteiger charge is 2.14. The molecule has 5 heteroatoms. The molecule has 1 N–H and O–H groups in total. The third kappa shape index (κ3) is 2.61. The van der Waals surface area contributed by atoms with Gasteiger partial charge >= 0.3 is 0 Å². The van der Waals surface area contributed by atoms with E-state index in [2.05, 4.69) is 17.4 Å². The van der Waals surface area contributed by atoms with Crippen molar-refractivity contribution in [2.45, 2.75) is 0 Å². The van der Waals surface area contributed by atoms with Crippen LogP contribution >= 0.6 is 0 Å². The number of rotatable bonds is 2. The number of ether oxygens (including phenoxy) is 2. The Balaban J connectivity index is 0.00000157. The number of anilines is 2. The van der Waals surface area contributed by atoms with Gasteiger partial charge < -0.3 is 27.2 Å². The number of halogens is 1. The van der Waals surface area contributed by atoms with Gasteiger partial charge in [0.2, 0.25) is 6.79 Å². The summed E-state index contributed by atoms with van der Waals surface area (Å²) in [5.41, 5.74) is 3.95. The van der Waals surface area contributed by atoms with Gasteiger partial charge in [-0.1, -0.05) is 36.4 Å². The van der Waals surface area contributed by atoms with E-state index in [0.29, 0.717) is 0 Å². The molecule has 25 heavy (non-hydrogen) atoms. The summed E-state index contributed by atoms with van der Waals surface area (Å²) in [7, 11) is 0. The molecule has 1 aliphatic heterocycles. The van der Waals surface area contributed by atoms with Gasteiger partial charge in [-0.25, -0.2) is 4.98 Å². The molecule has 0 unspecified atom stereocenters. The maximum atomic E-state index is 5.48. The highest BCUT2D eigenvalue weighted by atomic mass is 35.5. The zero-order chi connectivity index (χ0) is 15.9. The highest BCUT2D eigenvalue weighted by molar-refractivity contribution is 6.08. The van der Waals surface area contributed by atoms with Crippen molar-refractivity contribution in [3.63, 3.8) is 0 Å². The van der Waals surface area contributed by atoms with Gasteiger partial charge in [-0.15, -0.1) is 0 Å². The second kappa shape index (κ2) is 6.15. The Morgan fingerprint density at radius 3 is 2.12 bits per heavy atom. The van der Waals surface area contributed by atoms with E-state index in [9.17, 15) is 0 Å². The van der Waals surface area contributed by atoms with Crippen molar-refractivity contribution in [3.8, 4) is 11.5 Å². The van der Waals surface area contributed by atoms with Crippen LogP contribution in [0.5, 0.6) is 11.5 Å². The summed E-state index contributed by atoms with van der Waals surface area (Å²) in [6.07, 6.45) is 0. The lowest BCUT2D eigenvalue weighted by atomic mass is 10.1. The molecule has 0 atom stereocenters. The van der Waals surface area contributed by atoms with E-state index in [4.69, 9.17) is 14.5 Å². The maximum Gasteiger partial charge on any atom is 0.231 e. The predicted molar refractivity (Wildman–Crippen MR) is 95.1 cm³/mol. The number of para-hydroxylation sites is 2. The van der Waals surface area contributed by atoms with Crippen molar-refractivity contribution < 1.29 is 21.9 Å². The monoisotopic (exact) mass is 349 g/mol. The van der Waals surface area contributed by atoms with E-state index in [-0.39, 0.29) is 19.2 Å². The first-order valence-corrected chi connectivity index (χ1v) is 7.83. The summed E-state index contributed by atoms with van der Waals surface area (Å²) in [6.45, 7) is 0.278. The molecule has 0 saturated heterocycles. The molecule has 1 aromatic heterocycles. The van der Waals surface area contributed by atoms with Gasteiger partial charge in [0.05, 0.1) is 16.7 Å². The van der Waals surface area contributed by atoms with E-state index in [1.165, 1.54) is 0 Å². The molecule has 4 aromatic rings. The normalized spacial score (nSPS) is 12.2. The quantitative estimate of drug-likeness (QED) is 0.561. The lowest BCUT2D eigenvalue weighted by molar-refractivity contribution is -0.00000618. The van der Waals surface area contributed by atoms with Gasteiger partial charge in [0.15, 0.2) is 11.5 Å². The summed E-state index contributed by atoms with van der Waals surface area (Å²) < 4.78 is 10.9. The molecule has 2 heterocycles. The van der Waals surface area contributed by atoms with Crippen LogP contribution in [-0.4, -0.2) is 11.8 Å². The zero-order valence-corrected chi connectivity index (χ0v) is 14.0. The number of pyridine rings is 1. The largest absolute Gasteiger partial charge is 1.00 e. The summed E-state index contributed by atoms with van der Waals surface area (Å²) in [4.78, 5) is 4.75. The summed E-state index contributed by atoms with van der Waals surface area (Å²) in [5.74, 6) is 1.55. The van der Waals surface area contributed by atoms with Crippen molar-refractivity contribution in [3.05, 3.63) is 66.7 Å². The number of hydrogen-bond acceptors (Lipinski definition) is 4. The average molecular weight is 350 g/mol. The van der Waals surface area contributed by atoms with Crippen molar-refractivity contribution >= 4 is 33.2 Å². The molecule has 3 aromatic carbocycles. The number of benzene rings is 3. The van der Waals surface area contributed by atoms with Crippen LogP contribution in [0.4, 0.5) is 11.4 Å². The molecule has 0 aliphatic carbocycles. The van der Waals surface area contributed by atoms with E-state index in [1.807, 2.05) is 54.6 Å². The zero-order valence-electron chi connectivity index (χ0n) is 13.2. The van der Waals surface area contributed by atoms with Gasteiger partial charge in [0.1, 0.15) is 0 Å². The van der Waals surface area contributed by atoms with Crippen LogP contribution in [0.15, 0.2) is 66.7 Å². The van der Waals surface area contributed by atoms with Gasteiger partial charge in [0.25, 0.3) is 0 Å². The fourth-order valence-electron chi connectivity index (χ4n) is 3.09. The van der Waals surface area contributed by atoms with Crippen molar-refractivity contribution in [1.29, 1.82) is 0 Å². The van der Waals surface area contributed by atoms with E-state index in [1.54, 1.807) is 0 Å². The minimum Gasteiger partial charge on any atom is -1.00 e. The molecule has 0 radical (unpaired) electrons. The molecule has 4 nitrogen and oxygen atoms in total. The second-order valence-corrected chi connectivity index (χ2v) is 5.71. The lowest BCUT2D eigenvalue weighted by Crippen LogP contribution is -3.00. The predicted octanol–water partition coefficient (Wildman–Crippen LogP) is 1.86. The van der Waals surface area contributed by atoms with Gasteiger partial charge in [0, 0.05) is 22.5 Å². The molecule has 5 rings (SSSR count). The molecule has 124 valence electrons. The van der Waals surface area contributed by atoms with Crippen LogP contribution in [-0.2, 0) is 0 Å². The first-order chi connectivity index (χ1) is 11.9. The smallest absolute Gasteiger partial charge is 0.231 e. The molecular formula is C20H14ClN2O2-. The number of aromatic nitrogens is 1. The third-order valence-electron chi connectivity index (χ3n) is 4.23. The third-order valence-corrected chi connectivity index (χ3v) is 4.23. The molecule has 0 saturated carbocycles. The summed E-state index contributed by atoms with van der Waals surface area (Å²) in [6, 6.07) is 22.2. The molecule has 0 amide bonds.